The van der Waals surface area contributed by atoms with E-state index in [4.69, 9.17) is 10.2 Å². The predicted molar refractivity (Wildman–Crippen MR) is 72.1 cm³/mol. The largest absolute Gasteiger partial charge is 0.481 e. The smallest absolute Gasteiger partial charge is 0.310 e. The molecule has 2 N–H and O–H groups in total. The molecule has 0 saturated carbocycles. The van der Waals surface area contributed by atoms with Crippen molar-refractivity contribution in [3.05, 3.63) is 12.3 Å². The van der Waals surface area contributed by atoms with Gasteiger partial charge in [-0.1, -0.05) is 26.3 Å². The molecule has 0 aliphatic carbocycles. The molecule has 1 rings (SSSR count). The fraction of sp³-hybridized carbons (Fsp3) is 0.643. The number of aliphatic imine (C=N–C) groups is 1. The number of hydrogen-bond donors (Lipinski definition) is 2. The summed E-state index contributed by atoms with van der Waals surface area (Å²) >= 11 is 0. The highest BCUT2D eigenvalue weighted by Gasteiger charge is 2.26. The summed E-state index contributed by atoms with van der Waals surface area (Å²) < 4.78 is 0. The molecule has 19 heavy (non-hydrogen) atoms. The molecule has 0 aromatic rings. The van der Waals surface area contributed by atoms with Crippen LogP contribution in [-0.4, -0.2) is 27.9 Å². The first kappa shape index (κ1) is 15.4. The van der Waals surface area contributed by atoms with Gasteiger partial charge in [0.25, 0.3) is 0 Å². The molecule has 0 aromatic heterocycles. The van der Waals surface area contributed by atoms with Crippen LogP contribution in [0.4, 0.5) is 0 Å². The van der Waals surface area contributed by atoms with Crippen LogP contribution in [-0.2, 0) is 9.59 Å². The van der Waals surface area contributed by atoms with Crippen LogP contribution < -0.4 is 0 Å². The molecular weight excluding hydrogens is 246 g/mol. The van der Waals surface area contributed by atoms with Gasteiger partial charge >= 0.3 is 11.9 Å². The van der Waals surface area contributed by atoms with E-state index < -0.39 is 17.9 Å². The van der Waals surface area contributed by atoms with Crippen molar-refractivity contribution in [1.82, 2.24) is 0 Å². The molecule has 0 spiro atoms. The second kappa shape index (κ2) is 7.07. The van der Waals surface area contributed by atoms with Gasteiger partial charge in [-0.2, -0.15) is 0 Å². The zero-order valence-corrected chi connectivity index (χ0v) is 11.4. The normalized spacial score (nSPS) is 21.6. The van der Waals surface area contributed by atoms with E-state index in [9.17, 15) is 9.59 Å². The lowest BCUT2D eigenvalue weighted by Crippen LogP contribution is -2.26. The Kier molecular flexibility index (Phi) is 5.73. The maximum absolute atomic E-state index is 11.1. The van der Waals surface area contributed by atoms with Crippen molar-refractivity contribution in [3.63, 3.8) is 0 Å². The molecule has 106 valence electrons. The molecule has 5 nitrogen and oxygen atoms in total. The molecule has 5 heteroatoms. The minimum atomic E-state index is -0.862. The number of hydrogen-bond acceptors (Lipinski definition) is 3. The first-order chi connectivity index (χ1) is 8.95. The maximum Gasteiger partial charge on any atom is 0.310 e. The Morgan fingerprint density at radius 2 is 2.16 bits per heavy atom. The van der Waals surface area contributed by atoms with Gasteiger partial charge in [0.2, 0.25) is 0 Å². The van der Waals surface area contributed by atoms with Crippen LogP contribution in [0.15, 0.2) is 17.3 Å². The molecule has 1 aliphatic heterocycles. The van der Waals surface area contributed by atoms with Gasteiger partial charge in [0.1, 0.15) is 0 Å². The molecule has 0 radical (unpaired) electrons. The van der Waals surface area contributed by atoms with Gasteiger partial charge in [0.15, 0.2) is 0 Å². The van der Waals surface area contributed by atoms with Crippen molar-refractivity contribution < 1.29 is 19.8 Å². The van der Waals surface area contributed by atoms with E-state index in [1.807, 2.05) is 13.8 Å². The van der Waals surface area contributed by atoms with Crippen LogP contribution in [0.5, 0.6) is 0 Å². The van der Waals surface area contributed by atoms with Gasteiger partial charge in [0.05, 0.1) is 11.8 Å². The molecule has 0 amide bonds. The van der Waals surface area contributed by atoms with Crippen molar-refractivity contribution in [3.8, 4) is 0 Å². The summed E-state index contributed by atoms with van der Waals surface area (Å²) in [5.41, 5.74) is 0.789. The van der Waals surface area contributed by atoms with Crippen LogP contribution in [0.3, 0.4) is 0 Å². The Hall–Kier alpha value is -1.65. The lowest BCUT2D eigenvalue weighted by atomic mass is 9.85. The van der Waals surface area contributed by atoms with Crippen LogP contribution >= 0.6 is 0 Å². The summed E-state index contributed by atoms with van der Waals surface area (Å²) in [6, 6.07) is 0. The Morgan fingerprint density at radius 3 is 2.68 bits per heavy atom. The van der Waals surface area contributed by atoms with E-state index >= 15 is 0 Å². The quantitative estimate of drug-likeness (QED) is 0.742. The highest BCUT2D eigenvalue weighted by atomic mass is 16.4. The van der Waals surface area contributed by atoms with Crippen molar-refractivity contribution in [2.45, 2.75) is 39.5 Å². The standard InChI is InChI=1S/C14H21NO4/c1-3-4-10(13(16)17)7-9(2)12-8-11(14(18)19)5-6-15-12/h5-6,9-11H,3-4,7-8H2,1-2H3,(H,16,17)(H,18,19). The van der Waals surface area contributed by atoms with Crippen molar-refractivity contribution in [1.29, 1.82) is 0 Å². The summed E-state index contributed by atoms with van der Waals surface area (Å²) in [5.74, 6) is -2.56. The number of carbonyl (C=O) groups is 2. The lowest BCUT2D eigenvalue weighted by Gasteiger charge is -2.22. The fourth-order valence-electron chi connectivity index (χ4n) is 2.34. The average Bonchev–Trinajstić information content (AvgIpc) is 2.38. The molecule has 0 saturated heterocycles. The molecule has 0 aromatic carbocycles. The first-order valence-corrected chi connectivity index (χ1v) is 6.64. The second-order valence-corrected chi connectivity index (χ2v) is 5.07. The second-order valence-electron chi connectivity index (χ2n) is 5.07. The Balaban J connectivity index is 2.64. The van der Waals surface area contributed by atoms with E-state index in [0.717, 1.165) is 12.1 Å². The Bertz CT molecular complexity index is 400. The third-order valence-corrected chi connectivity index (χ3v) is 3.50. The number of carboxylic acid groups (broad SMARTS) is 2. The molecule has 0 fully saturated rings. The number of carboxylic acids is 2. The lowest BCUT2D eigenvalue weighted by molar-refractivity contribution is -0.142. The van der Waals surface area contributed by atoms with Gasteiger partial charge < -0.3 is 10.2 Å². The van der Waals surface area contributed by atoms with Crippen molar-refractivity contribution in [2.24, 2.45) is 22.7 Å². The van der Waals surface area contributed by atoms with E-state index in [1.165, 1.54) is 6.20 Å². The third kappa shape index (κ3) is 4.50. The highest BCUT2D eigenvalue weighted by Crippen LogP contribution is 2.24. The summed E-state index contributed by atoms with van der Waals surface area (Å²) in [6.07, 6.45) is 5.45. The summed E-state index contributed by atoms with van der Waals surface area (Å²) in [7, 11) is 0. The minimum absolute atomic E-state index is 0.000509. The van der Waals surface area contributed by atoms with Gasteiger partial charge in [-0.25, -0.2) is 0 Å². The first-order valence-electron chi connectivity index (χ1n) is 6.64. The monoisotopic (exact) mass is 267 g/mol. The van der Waals surface area contributed by atoms with Crippen LogP contribution in [0.1, 0.15) is 39.5 Å². The number of rotatable bonds is 7. The third-order valence-electron chi connectivity index (χ3n) is 3.50. The van der Waals surface area contributed by atoms with Gasteiger partial charge in [0, 0.05) is 18.3 Å². The summed E-state index contributed by atoms with van der Waals surface area (Å²) in [5, 5.41) is 18.1. The van der Waals surface area contributed by atoms with E-state index in [1.54, 1.807) is 6.08 Å². The molecule has 3 unspecified atom stereocenters. The number of nitrogens with zero attached hydrogens (tertiary/aromatic N) is 1. The molecule has 0 bridgehead atoms. The van der Waals surface area contributed by atoms with Crippen LogP contribution in [0.25, 0.3) is 0 Å². The molecule has 1 aliphatic rings. The van der Waals surface area contributed by atoms with Gasteiger partial charge in [-0.3, -0.25) is 14.6 Å². The SMILES string of the molecule is CCCC(CC(C)C1=NC=CC(C(=O)O)C1)C(=O)O. The van der Waals surface area contributed by atoms with E-state index in [2.05, 4.69) is 4.99 Å². The summed E-state index contributed by atoms with van der Waals surface area (Å²) in [6.45, 7) is 3.88. The maximum atomic E-state index is 11.1. The highest BCUT2D eigenvalue weighted by molar-refractivity contribution is 5.92. The van der Waals surface area contributed by atoms with Crippen LogP contribution in [0.2, 0.25) is 0 Å². The average molecular weight is 267 g/mol. The van der Waals surface area contributed by atoms with E-state index in [-0.39, 0.29) is 11.8 Å². The van der Waals surface area contributed by atoms with Gasteiger partial charge in [-0.05, 0) is 18.8 Å². The van der Waals surface area contributed by atoms with Crippen LogP contribution in [0, 0.1) is 17.8 Å². The van der Waals surface area contributed by atoms with E-state index in [0.29, 0.717) is 19.3 Å². The topological polar surface area (TPSA) is 87.0 Å². The van der Waals surface area contributed by atoms with Crippen molar-refractivity contribution in [2.75, 3.05) is 0 Å². The molecule has 1 heterocycles. The zero-order chi connectivity index (χ0) is 14.4. The number of aliphatic carboxylic acids is 2. The molecular formula is C14H21NO4. The Morgan fingerprint density at radius 1 is 1.47 bits per heavy atom. The predicted octanol–water partition coefficient (Wildman–Crippen LogP) is 2.57. The Labute approximate surface area is 113 Å². The fourth-order valence-corrected chi connectivity index (χ4v) is 2.34. The summed E-state index contributed by atoms with van der Waals surface area (Å²) in [4.78, 5) is 26.3. The van der Waals surface area contributed by atoms with Crippen molar-refractivity contribution >= 4 is 17.7 Å². The van der Waals surface area contributed by atoms with Gasteiger partial charge in [-0.15, -0.1) is 0 Å². The minimum Gasteiger partial charge on any atom is -0.481 e. The zero-order valence-electron chi connectivity index (χ0n) is 11.4. The molecule has 3 atom stereocenters.